The number of rotatable bonds is 5. The molecule has 7 heteroatoms. The van der Waals surface area contributed by atoms with E-state index in [0.29, 0.717) is 27.9 Å². The number of fused-ring (bicyclic) bond motifs is 1. The molecule has 0 bridgehead atoms. The Bertz CT molecular complexity index is 1090. The van der Waals surface area contributed by atoms with Gasteiger partial charge in [-0.2, -0.15) is 0 Å². The van der Waals surface area contributed by atoms with Crippen LogP contribution in [0.1, 0.15) is 35.4 Å². The average molecular weight is 440 g/mol. The van der Waals surface area contributed by atoms with E-state index >= 15 is 0 Å². The minimum Gasteiger partial charge on any atom is -0.497 e. The minimum atomic E-state index is -0.158. The maximum absolute atomic E-state index is 13.6. The highest BCUT2D eigenvalue weighted by Gasteiger charge is 2.28. The second kappa shape index (κ2) is 9.02. The van der Waals surface area contributed by atoms with E-state index in [1.165, 1.54) is 0 Å². The molecule has 0 spiro atoms. The van der Waals surface area contributed by atoms with Crippen LogP contribution >= 0.6 is 11.6 Å². The molecule has 31 heavy (non-hydrogen) atoms. The van der Waals surface area contributed by atoms with Gasteiger partial charge in [-0.05, 0) is 55.7 Å². The number of anilines is 1. The lowest BCUT2D eigenvalue weighted by atomic mass is 10.1. The van der Waals surface area contributed by atoms with Crippen molar-refractivity contribution in [2.24, 2.45) is 0 Å². The monoisotopic (exact) mass is 439 g/mol. The normalized spacial score (nSPS) is 13.3. The number of nitrogens with zero attached hydrogens (tertiary/aromatic N) is 3. The lowest BCUT2D eigenvalue weighted by Gasteiger charge is -2.20. The van der Waals surface area contributed by atoms with Crippen molar-refractivity contribution < 1.29 is 14.3 Å². The number of hydrogen-bond acceptors (Lipinski definition) is 4. The van der Waals surface area contributed by atoms with Gasteiger partial charge >= 0.3 is 0 Å². The van der Waals surface area contributed by atoms with Crippen LogP contribution in [0.2, 0.25) is 5.02 Å². The first-order valence-corrected chi connectivity index (χ1v) is 10.8. The van der Waals surface area contributed by atoms with Gasteiger partial charge in [0, 0.05) is 30.2 Å². The van der Waals surface area contributed by atoms with E-state index < -0.39 is 0 Å². The number of imidazole rings is 1. The zero-order valence-corrected chi connectivity index (χ0v) is 18.8. The van der Waals surface area contributed by atoms with Gasteiger partial charge in [0.15, 0.2) is 5.69 Å². The summed E-state index contributed by atoms with van der Waals surface area (Å²) in [7, 11) is 4.93. The van der Waals surface area contributed by atoms with Crippen molar-refractivity contribution in [2.45, 2.75) is 32.2 Å². The van der Waals surface area contributed by atoms with Gasteiger partial charge in [0.25, 0.3) is 5.91 Å². The van der Waals surface area contributed by atoms with Crippen LogP contribution < -0.4 is 14.4 Å². The standard InChI is InChI=1S/C24H26ClN3O3/c1-27(19-13-12-18(30-2)15-21(19)31-3)24(29)22-20-7-5-4-6-14-28(20)23(26-22)16-8-10-17(25)11-9-16/h8-13,15H,4-7,14H2,1-3H3. The van der Waals surface area contributed by atoms with E-state index in [-0.39, 0.29) is 5.91 Å². The van der Waals surface area contributed by atoms with E-state index in [1.54, 1.807) is 32.2 Å². The van der Waals surface area contributed by atoms with Gasteiger partial charge < -0.3 is 18.9 Å². The molecule has 0 aliphatic carbocycles. The van der Waals surface area contributed by atoms with Gasteiger partial charge in [-0.25, -0.2) is 4.98 Å². The Morgan fingerprint density at radius 1 is 1.06 bits per heavy atom. The quantitative estimate of drug-likeness (QED) is 0.546. The summed E-state index contributed by atoms with van der Waals surface area (Å²) in [5.41, 5.74) is 3.10. The number of hydrogen-bond donors (Lipinski definition) is 0. The van der Waals surface area contributed by atoms with E-state index in [2.05, 4.69) is 4.57 Å². The zero-order valence-electron chi connectivity index (χ0n) is 18.0. The van der Waals surface area contributed by atoms with E-state index in [4.69, 9.17) is 26.1 Å². The highest BCUT2D eigenvalue weighted by molar-refractivity contribution is 6.30. The molecule has 6 nitrogen and oxygen atoms in total. The van der Waals surface area contributed by atoms with E-state index in [9.17, 15) is 4.79 Å². The minimum absolute atomic E-state index is 0.158. The Balaban J connectivity index is 1.77. The fraction of sp³-hybridized carbons (Fsp3) is 0.333. The third-order valence-electron chi connectivity index (χ3n) is 5.73. The number of aromatic nitrogens is 2. The number of halogens is 1. The molecule has 1 aromatic heterocycles. The third kappa shape index (κ3) is 4.12. The first-order valence-electron chi connectivity index (χ1n) is 10.4. The van der Waals surface area contributed by atoms with Crippen LogP contribution in [-0.2, 0) is 13.0 Å². The third-order valence-corrected chi connectivity index (χ3v) is 5.98. The van der Waals surface area contributed by atoms with Crippen LogP contribution in [0.4, 0.5) is 5.69 Å². The van der Waals surface area contributed by atoms with Crippen LogP contribution in [0.15, 0.2) is 42.5 Å². The highest BCUT2D eigenvalue weighted by Crippen LogP contribution is 2.34. The summed E-state index contributed by atoms with van der Waals surface area (Å²) in [5, 5.41) is 0.675. The summed E-state index contributed by atoms with van der Waals surface area (Å²) in [6, 6.07) is 13.0. The van der Waals surface area contributed by atoms with Gasteiger partial charge in [-0.1, -0.05) is 18.0 Å². The van der Waals surface area contributed by atoms with Gasteiger partial charge in [0.1, 0.15) is 17.3 Å². The summed E-state index contributed by atoms with van der Waals surface area (Å²) >= 11 is 6.08. The molecule has 162 valence electrons. The SMILES string of the molecule is COc1ccc(N(C)C(=O)c2nc(-c3ccc(Cl)cc3)n3c2CCCCC3)c(OC)c1. The first kappa shape index (κ1) is 21.2. The molecule has 2 heterocycles. The molecule has 0 unspecified atom stereocenters. The molecule has 1 aliphatic rings. The summed E-state index contributed by atoms with van der Waals surface area (Å²) in [4.78, 5) is 20.0. The van der Waals surface area contributed by atoms with Crippen molar-refractivity contribution in [3.63, 3.8) is 0 Å². The van der Waals surface area contributed by atoms with Gasteiger partial charge in [-0.15, -0.1) is 0 Å². The number of carbonyl (C=O) groups is 1. The number of ether oxygens (including phenoxy) is 2. The number of amides is 1. The second-order valence-corrected chi connectivity index (χ2v) is 8.04. The van der Waals surface area contributed by atoms with Gasteiger partial charge in [0.2, 0.25) is 0 Å². The number of benzene rings is 2. The fourth-order valence-electron chi connectivity index (χ4n) is 4.04. The Hall–Kier alpha value is -2.99. The van der Waals surface area contributed by atoms with Gasteiger partial charge in [0.05, 0.1) is 25.6 Å². The van der Waals surface area contributed by atoms with Crippen LogP contribution in [0.5, 0.6) is 11.5 Å². The van der Waals surface area contributed by atoms with Crippen molar-refractivity contribution in [3.8, 4) is 22.9 Å². The molecule has 0 fully saturated rings. The topological polar surface area (TPSA) is 56.6 Å². The van der Waals surface area contributed by atoms with E-state index in [0.717, 1.165) is 49.3 Å². The Kier molecular flexibility index (Phi) is 6.18. The van der Waals surface area contributed by atoms with Crippen LogP contribution in [-0.4, -0.2) is 36.7 Å². The van der Waals surface area contributed by atoms with Crippen molar-refractivity contribution in [1.82, 2.24) is 9.55 Å². The molecule has 2 aromatic carbocycles. The Morgan fingerprint density at radius 3 is 2.55 bits per heavy atom. The largest absolute Gasteiger partial charge is 0.497 e. The molecule has 0 N–H and O–H groups in total. The highest BCUT2D eigenvalue weighted by atomic mass is 35.5. The van der Waals surface area contributed by atoms with Crippen LogP contribution in [0, 0.1) is 0 Å². The molecule has 1 amide bonds. The maximum atomic E-state index is 13.6. The molecule has 0 atom stereocenters. The molecule has 0 saturated heterocycles. The molecule has 3 aromatic rings. The van der Waals surface area contributed by atoms with Crippen LogP contribution in [0.3, 0.4) is 0 Å². The fourth-order valence-corrected chi connectivity index (χ4v) is 4.17. The smallest absolute Gasteiger partial charge is 0.278 e. The van der Waals surface area contributed by atoms with Crippen molar-refractivity contribution in [2.75, 3.05) is 26.2 Å². The average Bonchev–Trinajstić information content (AvgIpc) is 2.98. The molecule has 1 aliphatic heterocycles. The molecular weight excluding hydrogens is 414 g/mol. The number of carbonyl (C=O) groups excluding carboxylic acids is 1. The summed E-state index contributed by atoms with van der Waals surface area (Å²) < 4.78 is 13.0. The lowest BCUT2D eigenvalue weighted by molar-refractivity contribution is 0.0987. The molecular formula is C24H26ClN3O3. The molecule has 0 saturated carbocycles. The second-order valence-electron chi connectivity index (χ2n) is 7.60. The van der Waals surface area contributed by atoms with Crippen molar-refractivity contribution >= 4 is 23.2 Å². The zero-order chi connectivity index (χ0) is 22.0. The summed E-state index contributed by atoms with van der Waals surface area (Å²) in [5.74, 6) is 1.89. The first-order chi connectivity index (χ1) is 15.0. The predicted octanol–water partition coefficient (Wildman–Crippen LogP) is 5.22. The Morgan fingerprint density at radius 2 is 1.84 bits per heavy atom. The lowest BCUT2D eigenvalue weighted by Crippen LogP contribution is -2.28. The number of methoxy groups -OCH3 is 2. The Labute approximate surface area is 187 Å². The van der Waals surface area contributed by atoms with Gasteiger partial charge in [-0.3, -0.25) is 4.79 Å². The maximum Gasteiger partial charge on any atom is 0.278 e. The summed E-state index contributed by atoms with van der Waals surface area (Å²) in [6.45, 7) is 0.850. The van der Waals surface area contributed by atoms with Crippen molar-refractivity contribution in [1.29, 1.82) is 0 Å². The predicted molar refractivity (Wildman–Crippen MR) is 123 cm³/mol. The van der Waals surface area contributed by atoms with E-state index in [1.807, 2.05) is 36.4 Å². The summed E-state index contributed by atoms with van der Waals surface area (Å²) in [6.07, 6.45) is 4.08. The molecule has 4 rings (SSSR count). The van der Waals surface area contributed by atoms with Crippen molar-refractivity contribution in [3.05, 3.63) is 58.9 Å². The molecule has 0 radical (unpaired) electrons. The van der Waals surface area contributed by atoms with Crippen LogP contribution in [0.25, 0.3) is 11.4 Å².